The molecule has 0 aliphatic carbocycles. The van der Waals surface area contributed by atoms with E-state index in [1.54, 1.807) is 29.6 Å². The van der Waals surface area contributed by atoms with Crippen molar-refractivity contribution < 1.29 is 14.7 Å². The van der Waals surface area contributed by atoms with Crippen LogP contribution in [0.4, 0.5) is 5.00 Å². The lowest BCUT2D eigenvalue weighted by atomic mass is 10.0. The smallest absolute Gasteiger partial charge is 0.339 e. The molecule has 0 bridgehead atoms. The molecule has 0 saturated carbocycles. The first-order valence-corrected chi connectivity index (χ1v) is 9.37. The number of carbonyl (C=O) groups is 2. The molecule has 0 aliphatic rings. The second-order valence-corrected chi connectivity index (χ2v) is 7.16. The van der Waals surface area contributed by atoms with Crippen molar-refractivity contribution in [3.8, 4) is 11.1 Å². The average Bonchev–Trinajstić information content (AvgIpc) is 3.06. The van der Waals surface area contributed by atoms with Crippen LogP contribution in [0.2, 0.25) is 5.02 Å². The SMILES string of the molecule is CC(=CC(=O)Nc1scc(-c2ccc(Cl)cc2)c1C(=O)O)c1ccccc1. The number of aromatic carboxylic acids is 1. The van der Waals surface area contributed by atoms with E-state index in [9.17, 15) is 14.7 Å². The monoisotopic (exact) mass is 397 g/mol. The molecule has 0 atom stereocenters. The highest BCUT2D eigenvalue weighted by molar-refractivity contribution is 7.15. The molecule has 27 heavy (non-hydrogen) atoms. The topological polar surface area (TPSA) is 66.4 Å². The number of thiophene rings is 1. The fraction of sp³-hybridized carbons (Fsp3) is 0.0476. The fourth-order valence-corrected chi connectivity index (χ4v) is 3.72. The van der Waals surface area contributed by atoms with E-state index in [1.165, 1.54) is 17.4 Å². The Morgan fingerprint density at radius 1 is 1.07 bits per heavy atom. The fourth-order valence-electron chi connectivity index (χ4n) is 2.63. The van der Waals surface area contributed by atoms with Crippen LogP contribution >= 0.6 is 22.9 Å². The lowest BCUT2D eigenvalue weighted by Gasteiger charge is -2.06. The molecule has 6 heteroatoms. The second kappa shape index (κ2) is 8.20. The highest BCUT2D eigenvalue weighted by Gasteiger charge is 2.20. The number of carbonyl (C=O) groups excluding carboxylic acids is 1. The summed E-state index contributed by atoms with van der Waals surface area (Å²) in [5, 5.41) is 14.9. The predicted molar refractivity (Wildman–Crippen MR) is 110 cm³/mol. The first-order valence-electron chi connectivity index (χ1n) is 8.11. The Kier molecular flexibility index (Phi) is 5.74. The molecule has 0 saturated heterocycles. The number of hydrogen-bond acceptors (Lipinski definition) is 3. The number of amides is 1. The van der Waals surface area contributed by atoms with E-state index in [1.807, 2.05) is 37.3 Å². The van der Waals surface area contributed by atoms with Crippen LogP contribution in [0.15, 0.2) is 66.1 Å². The highest BCUT2D eigenvalue weighted by Crippen LogP contribution is 2.36. The Bertz CT molecular complexity index is 1010. The lowest BCUT2D eigenvalue weighted by molar-refractivity contribution is -0.111. The summed E-state index contributed by atoms with van der Waals surface area (Å²) < 4.78 is 0. The summed E-state index contributed by atoms with van der Waals surface area (Å²) in [7, 11) is 0. The lowest BCUT2D eigenvalue weighted by Crippen LogP contribution is -2.11. The summed E-state index contributed by atoms with van der Waals surface area (Å²) in [6.45, 7) is 1.83. The number of benzene rings is 2. The first-order chi connectivity index (χ1) is 13.0. The predicted octanol–water partition coefficient (Wildman–Crippen LogP) is 5.81. The third kappa shape index (κ3) is 4.45. The summed E-state index contributed by atoms with van der Waals surface area (Å²) in [6.07, 6.45) is 1.46. The van der Waals surface area contributed by atoms with Gasteiger partial charge in [-0.2, -0.15) is 0 Å². The number of anilines is 1. The third-order valence-electron chi connectivity index (χ3n) is 3.97. The van der Waals surface area contributed by atoms with Gasteiger partial charge in [-0.25, -0.2) is 4.79 Å². The van der Waals surface area contributed by atoms with E-state index in [4.69, 9.17) is 11.6 Å². The van der Waals surface area contributed by atoms with E-state index < -0.39 is 5.97 Å². The molecule has 2 aromatic carbocycles. The van der Waals surface area contributed by atoms with Crippen LogP contribution in [-0.4, -0.2) is 17.0 Å². The number of rotatable bonds is 5. The molecule has 2 N–H and O–H groups in total. The summed E-state index contributed by atoms with van der Waals surface area (Å²) in [6, 6.07) is 16.4. The molecule has 0 fully saturated rings. The van der Waals surface area contributed by atoms with Gasteiger partial charge in [0, 0.05) is 22.0 Å². The van der Waals surface area contributed by atoms with Crippen molar-refractivity contribution in [2.45, 2.75) is 6.92 Å². The molecule has 0 aliphatic heterocycles. The first kappa shape index (κ1) is 18.9. The minimum Gasteiger partial charge on any atom is -0.478 e. The minimum absolute atomic E-state index is 0.0708. The Balaban J connectivity index is 1.88. The van der Waals surface area contributed by atoms with Crippen LogP contribution < -0.4 is 5.32 Å². The van der Waals surface area contributed by atoms with Gasteiger partial charge in [0.1, 0.15) is 10.6 Å². The number of nitrogens with one attached hydrogen (secondary N) is 1. The Morgan fingerprint density at radius 3 is 2.37 bits per heavy atom. The van der Waals surface area contributed by atoms with Gasteiger partial charge in [-0.1, -0.05) is 54.1 Å². The number of carboxylic acids is 1. The standard InChI is InChI=1S/C21H16ClNO3S/c1-13(14-5-3-2-4-6-14)11-18(24)23-20-19(21(25)26)17(12-27-20)15-7-9-16(22)10-8-15/h2-12H,1H3,(H,23,24)(H,25,26). The molecular weight excluding hydrogens is 382 g/mol. The summed E-state index contributed by atoms with van der Waals surface area (Å²) in [5.41, 5.74) is 3.06. The maximum Gasteiger partial charge on any atom is 0.339 e. The Hall–Kier alpha value is -2.89. The highest BCUT2D eigenvalue weighted by atomic mass is 35.5. The summed E-state index contributed by atoms with van der Waals surface area (Å²) in [4.78, 5) is 24.2. The molecular formula is C21H16ClNO3S. The molecule has 136 valence electrons. The van der Waals surface area contributed by atoms with E-state index in [2.05, 4.69) is 5.32 Å². The van der Waals surface area contributed by atoms with Crippen molar-refractivity contribution in [1.29, 1.82) is 0 Å². The average molecular weight is 398 g/mol. The largest absolute Gasteiger partial charge is 0.478 e. The van der Waals surface area contributed by atoms with Gasteiger partial charge in [0.2, 0.25) is 5.91 Å². The van der Waals surface area contributed by atoms with Crippen molar-refractivity contribution in [1.82, 2.24) is 0 Å². The number of halogens is 1. The van der Waals surface area contributed by atoms with E-state index in [0.29, 0.717) is 15.6 Å². The summed E-state index contributed by atoms with van der Waals surface area (Å²) >= 11 is 7.08. The van der Waals surface area contributed by atoms with E-state index in [-0.39, 0.29) is 11.5 Å². The number of hydrogen-bond donors (Lipinski definition) is 2. The van der Waals surface area contributed by atoms with Gasteiger partial charge in [-0.15, -0.1) is 11.3 Å². The molecule has 1 heterocycles. The van der Waals surface area contributed by atoms with Crippen molar-refractivity contribution in [2.75, 3.05) is 5.32 Å². The molecule has 1 aromatic heterocycles. The van der Waals surface area contributed by atoms with Gasteiger partial charge in [-0.3, -0.25) is 4.79 Å². The van der Waals surface area contributed by atoms with Crippen molar-refractivity contribution in [3.63, 3.8) is 0 Å². The van der Waals surface area contributed by atoms with Gasteiger partial charge in [0.25, 0.3) is 0 Å². The summed E-state index contributed by atoms with van der Waals surface area (Å²) in [5.74, 6) is -1.47. The minimum atomic E-state index is -1.10. The van der Waals surface area contributed by atoms with Crippen molar-refractivity contribution in [2.24, 2.45) is 0 Å². The van der Waals surface area contributed by atoms with E-state index >= 15 is 0 Å². The van der Waals surface area contributed by atoms with Gasteiger partial charge >= 0.3 is 5.97 Å². The quantitative estimate of drug-likeness (QED) is 0.534. The zero-order valence-corrected chi connectivity index (χ0v) is 16.0. The Morgan fingerprint density at radius 2 is 1.74 bits per heavy atom. The van der Waals surface area contributed by atoms with Crippen molar-refractivity contribution in [3.05, 3.63) is 82.2 Å². The van der Waals surface area contributed by atoms with Gasteiger partial charge in [0.05, 0.1) is 0 Å². The number of allylic oxidation sites excluding steroid dienone is 1. The van der Waals surface area contributed by atoms with E-state index in [0.717, 1.165) is 16.7 Å². The van der Waals surface area contributed by atoms with Gasteiger partial charge in [0.15, 0.2) is 0 Å². The van der Waals surface area contributed by atoms with Crippen LogP contribution in [0.25, 0.3) is 16.7 Å². The van der Waals surface area contributed by atoms with Crippen LogP contribution in [0.5, 0.6) is 0 Å². The number of carboxylic acid groups (broad SMARTS) is 1. The third-order valence-corrected chi connectivity index (χ3v) is 5.12. The normalized spacial score (nSPS) is 11.3. The maximum absolute atomic E-state index is 12.4. The maximum atomic E-state index is 12.4. The van der Waals surface area contributed by atoms with Gasteiger partial charge < -0.3 is 10.4 Å². The van der Waals surface area contributed by atoms with Crippen LogP contribution in [0.1, 0.15) is 22.8 Å². The molecule has 1 amide bonds. The molecule has 0 spiro atoms. The molecule has 3 aromatic rings. The molecule has 0 unspecified atom stereocenters. The van der Waals surface area contributed by atoms with Crippen LogP contribution in [0.3, 0.4) is 0 Å². The van der Waals surface area contributed by atoms with Crippen molar-refractivity contribution >= 4 is 45.4 Å². The Labute approximate surface area is 165 Å². The molecule has 3 rings (SSSR count). The zero-order valence-electron chi connectivity index (χ0n) is 14.4. The van der Waals surface area contributed by atoms with Crippen LogP contribution in [0, 0.1) is 0 Å². The molecule has 0 radical (unpaired) electrons. The van der Waals surface area contributed by atoms with Gasteiger partial charge in [-0.05, 0) is 35.8 Å². The molecule has 4 nitrogen and oxygen atoms in total. The van der Waals surface area contributed by atoms with Crippen LogP contribution in [-0.2, 0) is 4.79 Å². The zero-order chi connectivity index (χ0) is 19.4. The second-order valence-electron chi connectivity index (χ2n) is 5.85.